The number of amides is 1. The van der Waals surface area contributed by atoms with Gasteiger partial charge in [0.05, 0.1) is 11.1 Å². The summed E-state index contributed by atoms with van der Waals surface area (Å²) in [5, 5.41) is 13.5. The molecule has 2 heterocycles. The number of aromatic nitrogens is 1. The zero-order valence-corrected chi connectivity index (χ0v) is 12.4. The topological polar surface area (TPSA) is 83.6 Å². The first-order valence-electron chi connectivity index (χ1n) is 7.47. The van der Waals surface area contributed by atoms with Crippen molar-refractivity contribution < 1.29 is 19.2 Å². The molecule has 1 aliphatic heterocycles. The Morgan fingerprint density at radius 1 is 1.52 bits per heavy atom. The van der Waals surface area contributed by atoms with Crippen LogP contribution in [0.4, 0.5) is 0 Å². The van der Waals surface area contributed by atoms with E-state index in [-0.39, 0.29) is 11.8 Å². The van der Waals surface area contributed by atoms with E-state index in [1.54, 1.807) is 11.8 Å². The zero-order chi connectivity index (χ0) is 15.2. The monoisotopic (exact) mass is 292 g/mol. The van der Waals surface area contributed by atoms with Gasteiger partial charge in [-0.2, -0.15) is 0 Å². The number of hydrogen-bond acceptors (Lipinski definition) is 4. The van der Waals surface area contributed by atoms with Gasteiger partial charge in [-0.3, -0.25) is 9.59 Å². The molecule has 0 radical (unpaired) electrons. The molecule has 1 N–H and O–H groups in total. The van der Waals surface area contributed by atoms with Crippen molar-refractivity contribution in [3.63, 3.8) is 0 Å². The Morgan fingerprint density at radius 3 is 2.90 bits per heavy atom. The van der Waals surface area contributed by atoms with Crippen molar-refractivity contribution >= 4 is 11.9 Å². The molecule has 2 aliphatic rings. The number of carboxylic acid groups (broad SMARTS) is 1. The van der Waals surface area contributed by atoms with Gasteiger partial charge in [0.25, 0.3) is 5.91 Å². The van der Waals surface area contributed by atoms with Gasteiger partial charge in [0.15, 0.2) is 0 Å². The minimum Gasteiger partial charge on any atom is -0.481 e. The average Bonchev–Trinajstić information content (AvgIpc) is 3.09. The molecule has 0 unspecified atom stereocenters. The van der Waals surface area contributed by atoms with Crippen molar-refractivity contribution in [3.8, 4) is 0 Å². The van der Waals surface area contributed by atoms with E-state index in [0.717, 1.165) is 12.8 Å². The Kier molecular flexibility index (Phi) is 3.26. The van der Waals surface area contributed by atoms with Crippen LogP contribution in [0, 0.1) is 18.3 Å². The lowest BCUT2D eigenvalue weighted by Gasteiger charge is -2.23. The Labute approximate surface area is 123 Å². The van der Waals surface area contributed by atoms with Crippen molar-refractivity contribution in [2.24, 2.45) is 11.3 Å². The van der Waals surface area contributed by atoms with E-state index in [4.69, 9.17) is 4.52 Å². The van der Waals surface area contributed by atoms with Crippen molar-refractivity contribution in [1.82, 2.24) is 10.1 Å². The second kappa shape index (κ2) is 4.86. The maximum atomic E-state index is 12.7. The van der Waals surface area contributed by atoms with E-state index >= 15 is 0 Å². The molecule has 1 aliphatic carbocycles. The third-order valence-corrected chi connectivity index (χ3v) is 5.05. The van der Waals surface area contributed by atoms with Gasteiger partial charge in [-0.1, -0.05) is 18.5 Å². The Morgan fingerprint density at radius 2 is 2.29 bits per heavy atom. The summed E-state index contributed by atoms with van der Waals surface area (Å²) in [6.45, 7) is 4.49. The van der Waals surface area contributed by atoms with Gasteiger partial charge in [-0.05, 0) is 25.7 Å². The summed E-state index contributed by atoms with van der Waals surface area (Å²) in [6, 6.07) is 0. The molecule has 0 bridgehead atoms. The second-order valence-electron chi connectivity index (χ2n) is 6.16. The maximum Gasteiger partial charge on any atom is 0.311 e. The quantitative estimate of drug-likeness (QED) is 0.919. The van der Waals surface area contributed by atoms with Crippen molar-refractivity contribution in [3.05, 3.63) is 17.0 Å². The van der Waals surface area contributed by atoms with Crippen LogP contribution in [0.25, 0.3) is 0 Å². The number of aryl methyl sites for hydroxylation is 2. The lowest BCUT2D eigenvalue weighted by molar-refractivity contribution is -0.149. The lowest BCUT2D eigenvalue weighted by Crippen LogP contribution is -2.37. The van der Waals surface area contributed by atoms with E-state index in [0.29, 0.717) is 42.9 Å². The molecule has 114 valence electrons. The third-order valence-electron chi connectivity index (χ3n) is 5.05. The summed E-state index contributed by atoms with van der Waals surface area (Å²) < 4.78 is 5.18. The van der Waals surface area contributed by atoms with Gasteiger partial charge in [0, 0.05) is 19.5 Å². The molecule has 3 rings (SSSR count). The summed E-state index contributed by atoms with van der Waals surface area (Å²) in [7, 11) is 0. The highest BCUT2D eigenvalue weighted by molar-refractivity contribution is 5.97. The highest BCUT2D eigenvalue weighted by Gasteiger charge is 2.56. The summed E-state index contributed by atoms with van der Waals surface area (Å²) in [4.78, 5) is 26.1. The van der Waals surface area contributed by atoms with Crippen LogP contribution in [-0.4, -0.2) is 40.1 Å². The first kappa shape index (κ1) is 14.1. The Balaban J connectivity index is 1.88. The molecule has 0 aromatic carbocycles. The van der Waals surface area contributed by atoms with Gasteiger partial charge < -0.3 is 14.5 Å². The molecule has 2 atom stereocenters. The smallest absolute Gasteiger partial charge is 0.311 e. The highest BCUT2D eigenvalue weighted by atomic mass is 16.5. The normalized spacial score (nSPS) is 27.9. The fraction of sp³-hybridized carbons (Fsp3) is 0.667. The fourth-order valence-electron chi connectivity index (χ4n) is 3.88. The van der Waals surface area contributed by atoms with Crippen LogP contribution in [0.3, 0.4) is 0 Å². The molecule has 6 nitrogen and oxygen atoms in total. The van der Waals surface area contributed by atoms with Crippen LogP contribution in [0.5, 0.6) is 0 Å². The Bertz CT molecular complexity index is 594. The molecule has 1 saturated carbocycles. The van der Waals surface area contributed by atoms with E-state index in [1.807, 2.05) is 6.92 Å². The molecular weight excluding hydrogens is 272 g/mol. The molecule has 21 heavy (non-hydrogen) atoms. The molecule has 0 spiro atoms. The summed E-state index contributed by atoms with van der Waals surface area (Å²) in [6.07, 6.45) is 3.09. The van der Waals surface area contributed by atoms with E-state index in [9.17, 15) is 14.7 Å². The molecule has 1 amide bonds. The van der Waals surface area contributed by atoms with Crippen LogP contribution < -0.4 is 0 Å². The van der Waals surface area contributed by atoms with Gasteiger partial charge in [0.1, 0.15) is 11.3 Å². The number of nitrogens with zero attached hydrogens (tertiary/aromatic N) is 2. The second-order valence-corrected chi connectivity index (χ2v) is 6.16. The summed E-state index contributed by atoms with van der Waals surface area (Å²) in [5.74, 6) is -0.248. The van der Waals surface area contributed by atoms with Crippen LogP contribution in [0.15, 0.2) is 4.52 Å². The minimum atomic E-state index is -0.766. The SMILES string of the molecule is CCc1onc(C)c1C(=O)N1C[C@@H]2CCC[C@@]2(C(=O)O)C1. The maximum absolute atomic E-state index is 12.7. The number of likely N-dealkylation sites (tertiary alicyclic amines) is 1. The zero-order valence-electron chi connectivity index (χ0n) is 12.4. The number of hydrogen-bond donors (Lipinski definition) is 1. The van der Waals surface area contributed by atoms with Crippen LogP contribution >= 0.6 is 0 Å². The van der Waals surface area contributed by atoms with Gasteiger partial charge in [-0.25, -0.2) is 0 Å². The molecule has 6 heteroatoms. The highest BCUT2D eigenvalue weighted by Crippen LogP contribution is 2.49. The number of fused-ring (bicyclic) bond motifs is 1. The third kappa shape index (κ3) is 1.96. The Hall–Kier alpha value is -1.85. The number of rotatable bonds is 3. The van der Waals surface area contributed by atoms with Crippen LogP contribution in [-0.2, 0) is 11.2 Å². The van der Waals surface area contributed by atoms with Crippen molar-refractivity contribution in [2.45, 2.75) is 39.5 Å². The fourth-order valence-corrected chi connectivity index (χ4v) is 3.88. The molecule has 1 aromatic rings. The van der Waals surface area contributed by atoms with Gasteiger partial charge in [0.2, 0.25) is 0 Å². The average molecular weight is 292 g/mol. The van der Waals surface area contributed by atoms with Crippen molar-refractivity contribution in [1.29, 1.82) is 0 Å². The van der Waals surface area contributed by atoms with E-state index in [2.05, 4.69) is 5.16 Å². The summed E-state index contributed by atoms with van der Waals surface area (Å²) >= 11 is 0. The summed E-state index contributed by atoms with van der Waals surface area (Å²) in [5.41, 5.74) is 0.351. The number of carbonyl (C=O) groups is 2. The molecule has 1 saturated heterocycles. The van der Waals surface area contributed by atoms with E-state index < -0.39 is 11.4 Å². The largest absolute Gasteiger partial charge is 0.481 e. The molecule has 1 aromatic heterocycles. The first-order valence-corrected chi connectivity index (χ1v) is 7.47. The predicted molar refractivity (Wildman–Crippen MR) is 73.9 cm³/mol. The molecular formula is C15H20N2O4. The van der Waals surface area contributed by atoms with Gasteiger partial charge in [-0.15, -0.1) is 0 Å². The van der Waals surface area contributed by atoms with Crippen molar-refractivity contribution in [2.75, 3.05) is 13.1 Å². The number of carboxylic acids is 1. The standard InChI is InChI=1S/C15H20N2O4/c1-3-11-12(9(2)16-21-11)13(18)17-7-10-5-4-6-15(10,8-17)14(19)20/h10H,3-8H2,1-2H3,(H,19,20)/t10-,15+/m0/s1. The minimum absolute atomic E-state index is 0.0733. The number of carbonyl (C=O) groups excluding carboxylic acids is 1. The van der Waals surface area contributed by atoms with Crippen LogP contribution in [0.1, 0.15) is 48.0 Å². The first-order chi connectivity index (χ1) is 9.99. The predicted octanol–water partition coefficient (Wildman–Crippen LogP) is 1.87. The number of aliphatic carboxylic acids is 1. The van der Waals surface area contributed by atoms with E-state index in [1.165, 1.54) is 0 Å². The molecule has 2 fully saturated rings. The van der Waals surface area contributed by atoms with Crippen LogP contribution in [0.2, 0.25) is 0 Å². The lowest BCUT2D eigenvalue weighted by atomic mass is 9.81. The van der Waals surface area contributed by atoms with Gasteiger partial charge >= 0.3 is 5.97 Å².